The molecule has 0 radical (unpaired) electrons. The molecule has 0 heteroatoms. The summed E-state index contributed by atoms with van der Waals surface area (Å²) in [6.45, 7) is 26.0. The van der Waals surface area contributed by atoms with Crippen LogP contribution in [0.2, 0.25) is 0 Å². The fourth-order valence-electron chi connectivity index (χ4n) is 8.09. The molecule has 0 nitrogen and oxygen atoms in total. The predicted molar refractivity (Wildman–Crippen MR) is 198 cm³/mol. The molecule has 0 aliphatic heterocycles. The smallest absolute Gasteiger partial charge is 0.0238 e. The fraction of sp³-hybridized carbons (Fsp3) is 0.721. The molecule has 1 aliphatic rings. The van der Waals surface area contributed by atoms with Crippen LogP contribution >= 0.6 is 0 Å². The summed E-state index contributed by atoms with van der Waals surface area (Å²) < 4.78 is 0. The highest BCUT2D eigenvalue weighted by atomic mass is 14.6. The zero-order valence-electron chi connectivity index (χ0n) is 29.6. The van der Waals surface area contributed by atoms with E-state index in [9.17, 15) is 0 Å². The van der Waals surface area contributed by atoms with Crippen LogP contribution in [0, 0.1) is 34.5 Å². The van der Waals surface area contributed by atoms with E-state index in [2.05, 4.69) is 90.5 Å². The Bertz CT molecular complexity index is 797. The lowest BCUT2D eigenvalue weighted by Crippen LogP contribution is -2.47. The lowest BCUT2D eigenvalue weighted by Gasteiger charge is -2.57. The summed E-state index contributed by atoms with van der Waals surface area (Å²) in [4.78, 5) is 0. The number of allylic oxidation sites excluding steroid dienone is 8. The molecule has 0 spiro atoms. The fourth-order valence-corrected chi connectivity index (χ4v) is 8.09. The Morgan fingerprint density at radius 3 is 1.65 bits per heavy atom. The molecule has 0 amide bonds. The molecule has 6 unspecified atom stereocenters. The van der Waals surface area contributed by atoms with Crippen LogP contribution in [-0.2, 0) is 0 Å². The van der Waals surface area contributed by atoms with Crippen molar-refractivity contribution in [2.24, 2.45) is 34.5 Å². The van der Waals surface area contributed by atoms with Crippen LogP contribution in [0.1, 0.15) is 163 Å². The van der Waals surface area contributed by atoms with Crippen molar-refractivity contribution in [3.05, 3.63) is 74.9 Å². The van der Waals surface area contributed by atoms with Crippen LogP contribution in [-0.4, -0.2) is 0 Å². The number of rotatable bonds is 27. The van der Waals surface area contributed by atoms with E-state index in [0.29, 0.717) is 16.7 Å². The summed E-state index contributed by atoms with van der Waals surface area (Å²) >= 11 is 0. The van der Waals surface area contributed by atoms with E-state index >= 15 is 0 Å². The zero-order chi connectivity index (χ0) is 31.8. The van der Waals surface area contributed by atoms with Crippen LogP contribution in [0.25, 0.3) is 0 Å². The molecule has 0 aromatic rings. The summed E-state index contributed by atoms with van der Waals surface area (Å²) in [5.41, 5.74) is 0.902. The summed E-state index contributed by atoms with van der Waals surface area (Å²) in [6, 6.07) is 0. The summed E-state index contributed by atoms with van der Waals surface area (Å²) in [5, 5.41) is 0. The quantitative estimate of drug-likeness (QED) is 0.0659. The first kappa shape index (κ1) is 39.5. The molecule has 0 bridgehead atoms. The molecular formula is C43H74. The maximum Gasteiger partial charge on any atom is -0.0238 e. The van der Waals surface area contributed by atoms with Gasteiger partial charge in [-0.05, 0) is 156 Å². The van der Waals surface area contributed by atoms with Gasteiger partial charge in [-0.25, -0.2) is 0 Å². The summed E-state index contributed by atoms with van der Waals surface area (Å²) in [6.07, 6.45) is 45.6. The second-order valence-electron chi connectivity index (χ2n) is 14.9. The third kappa shape index (κ3) is 15.8. The van der Waals surface area contributed by atoms with Crippen LogP contribution in [0.4, 0.5) is 0 Å². The highest BCUT2D eigenvalue weighted by molar-refractivity contribution is 5.03. The topological polar surface area (TPSA) is 0 Å². The highest BCUT2D eigenvalue weighted by Gasteiger charge is 2.52. The summed E-state index contributed by atoms with van der Waals surface area (Å²) in [7, 11) is 0. The minimum absolute atomic E-state index is 0.446. The molecule has 1 saturated carbocycles. The van der Waals surface area contributed by atoms with Gasteiger partial charge in [0.1, 0.15) is 0 Å². The molecular weight excluding hydrogens is 516 g/mol. The Hall–Kier alpha value is -1.56. The van der Waals surface area contributed by atoms with Crippen LogP contribution in [0.5, 0.6) is 0 Å². The largest absolute Gasteiger partial charge is 0.103 e. The SMILES string of the molecule is C=CCCCC=CCC(C)CC1(CCC(C)C=C)CCCCC1(CCC(C)CC=CCCCCC=C)CC(C)CCC=C. The average Bonchev–Trinajstić information content (AvgIpc) is 3.00. The van der Waals surface area contributed by atoms with E-state index in [1.54, 1.807) is 0 Å². The van der Waals surface area contributed by atoms with E-state index in [1.165, 1.54) is 116 Å². The molecule has 0 aromatic heterocycles. The van der Waals surface area contributed by atoms with Gasteiger partial charge in [-0.3, -0.25) is 0 Å². The van der Waals surface area contributed by atoms with Gasteiger partial charge in [0.05, 0.1) is 0 Å². The van der Waals surface area contributed by atoms with Crippen LogP contribution < -0.4 is 0 Å². The first-order chi connectivity index (χ1) is 20.8. The monoisotopic (exact) mass is 591 g/mol. The normalized spacial score (nSPS) is 23.6. The second-order valence-corrected chi connectivity index (χ2v) is 14.9. The third-order valence-corrected chi connectivity index (χ3v) is 10.8. The van der Waals surface area contributed by atoms with Gasteiger partial charge >= 0.3 is 0 Å². The van der Waals surface area contributed by atoms with Crippen LogP contribution in [0.15, 0.2) is 74.9 Å². The van der Waals surface area contributed by atoms with Gasteiger partial charge in [0, 0.05) is 0 Å². The molecule has 246 valence electrons. The van der Waals surface area contributed by atoms with Crippen molar-refractivity contribution in [3.8, 4) is 0 Å². The van der Waals surface area contributed by atoms with Crippen molar-refractivity contribution >= 4 is 0 Å². The van der Waals surface area contributed by atoms with E-state index < -0.39 is 0 Å². The van der Waals surface area contributed by atoms with Crippen LogP contribution in [0.3, 0.4) is 0 Å². The molecule has 6 atom stereocenters. The van der Waals surface area contributed by atoms with Gasteiger partial charge in [-0.1, -0.05) is 89.1 Å². The van der Waals surface area contributed by atoms with Crippen molar-refractivity contribution in [2.45, 2.75) is 163 Å². The average molecular weight is 591 g/mol. The van der Waals surface area contributed by atoms with E-state index in [1.807, 2.05) is 12.2 Å². The van der Waals surface area contributed by atoms with Crippen molar-refractivity contribution < 1.29 is 0 Å². The van der Waals surface area contributed by atoms with Gasteiger partial charge < -0.3 is 0 Å². The van der Waals surface area contributed by atoms with Crippen molar-refractivity contribution in [3.63, 3.8) is 0 Å². The van der Waals surface area contributed by atoms with Crippen molar-refractivity contribution in [1.82, 2.24) is 0 Å². The van der Waals surface area contributed by atoms with E-state index in [0.717, 1.165) is 37.0 Å². The molecule has 1 fully saturated rings. The summed E-state index contributed by atoms with van der Waals surface area (Å²) in [5.74, 6) is 2.85. The maximum absolute atomic E-state index is 4.18. The Kier molecular flexibility index (Phi) is 21.8. The standard InChI is InChI=1S/C43H74/c1-9-13-16-18-20-22-23-28-39(6)31-35-43(36-40(7)27-15-11-3)33-26-25-32-42(43,34-30-38(5)12-4)37-41(8)29-24-21-19-17-14-10-2/h9-12,21-24,38-41H,1-4,13-20,25-37H2,5-8H3. The second kappa shape index (κ2) is 23.8. The minimum Gasteiger partial charge on any atom is -0.103 e. The first-order valence-corrected chi connectivity index (χ1v) is 18.5. The first-order valence-electron chi connectivity index (χ1n) is 18.5. The molecule has 0 aromatic carbocycles. The Morgan fingerprint density at radius 2 is 1.05 bits per heavy atom. The zero-order valence-corrected chi connectivity index (χ0v) is 29.6. The minimum atomic E-state index is 0.446. The van der Waals surface area contributed by atoms with Crippen molar-refractivity contribution in [1.29, 1.82) is 0 Å². The highest BCUT2D eigenvalue weighted by Crippen LogP contribution is 2.62. The van der Waals surface area contributed by atoms with Gasteiger partial charge in [0.25, 0.3) is 0 Å². The molecule has 0 heterocycles. The number of hydrogen-bond acceptors (Lipinski definition) is 0. The van der Waals surface area contributed by atoms with E-state index in [4.69, 9.17) is 0 Å². The lowest BCUT2D eigenvalue weighted by molar-refractivity contribution is -0.0699. The van der Waals surface area contributed by atoms with Gasteiger partial charge in [0.2, 0.25) is 0 Å². The predicted octanol–water partition coefficient (Wildman–Crippen LogP) is 14.6. The number of unbranched alkanes of at least 4 members (excludes halogenated alkanes) is 5. The molecule has 43 heavy (non-hydrogen) atoms. The third-order valence-electron chi connectivity index (χ3n) is 10.8. The molecule has 1 aliphatic carbocycles. The Balaban J connectivity index is 3.19. The lowest BCUT2D eigenvalue weighted by atomic mass is 9.47. The Labute approximate surface area is 271 Å². The van der Waals surface area contributed by atoms with Gasteiger partial charge in [-0.15, -0.1) is 26.3 Å². The van der Waals surface area contributed by atoms with Crippen molar-refractivity contribution in [2.75, 3.05) is 0 Å². The number of hydrogen-bond donors (Lipinski definition) is 0. The molecule has 1 rings (SSSR count). The van der Waals surface area contributed by atoms with Gasteiger partial charge in [0.15, 0.2) is 0 Å². The van der Waals surface area contributed by atoms with Gasteiger partial charge in [-0.2, -0.15) is 0 Å². The molecule has 0 N–H and O–H groups in total. The maximum atomic E-state index is 4.18. The molecule has 0 saturated heterocycles. The Morgan fingerprint density at radius 1 is 0.535 bits per heavy atom. The van der Waals surface area contributed by atoms with E-state index in [-0.39, 0.29) is 0 Å².